The summed E-state index contributed by atoms with van der Waals surface area (Å²) in [5.41, 5.74) is 4.46. The Bertz CT molecular complexity index is 934. The molecule has 1 unspecified atom stereocenters. The fourth-order valence-corrected chi connectivity index (χ4v) is 3.71. The molecule has 4 nitrogen and oxygen atoms in total. The first kappa shape index (κ1) is 18.4. The lowest BCUT2D eigenvalue weighted by Gasteiger charge is -2.33. The van der Waals surface area contributed by atoms with Gasteiger partial charge < -0.3 is 0 Å². The first-order valence-corrected chi connectivity index (χ1v) is 9.84. The summed E-state index contributed by atoms with van der Waals surface area (Å²) in [6, 6.07) is 29.3. The zero-order valence-electron chi connectivity index (χ0n) is 16.4. The summed E-state index contributed by atoms with van der Waals surface area (Å²) >= 11 is 0. The van der Waals surface area contributed by atoms with Crippen molar-refractivity contribution in [1.82, 2.24) is 19.9 Å². The fraction of sp³-hybridized carbons (Fsp3) is 0.250. The van der Waals surface area contributed by atoms with Gasteiger partial charge in [0.15, 0.2) is 0 Å². The molecule has 1 aromatic heterocycles. The van der Waals surface area contributed by atoms with Gasteiger partial charge in [-0.2, -0.15) is 15.0 Å². The van der Waals surface area contributed by atoms with E-state index in [1.807, 2.05) is 29.1 Å². The second-order valence-electron chi connectivity index (χ2n) is 7.54. The maximum atomic E-state index is 4.80. The molecular weight excluding hydrogens is 344 g/mol. The normalized spacial score (nSPS) is 12.7. The topological polar surface area (TPSA) is 34.0 Å². The van der Waals surface area contributed by atoms with Crippen LogP contribution in [0.4, 0.5) is 0 Å². The van der Waals surface area contributed by atoms with Crippen LogP contribution >= 0.6 is 0 Å². The minimum absolute atomic E-state index is 0.0628. The molecule has 0 radical (unpaired) electrons. The van der Waals surface area contributed by atoms with E-state index in [1.165, 1.54) is 11.1 Å². The van der Waals surface area contributed by atoms with Gasteiger partial charge in [0, 0.05) is 13.1 Å². The van der Waals surface area contributed by atoms with Gasteiger partial charge in [0.05, 0.1) is 0 Å². The van der Waals surface area contributed by atoms with Crippen molar-refractivity contribution in [1.29, 1.82) is 0 Å². The van der Waals surface area contributed by atoms with Crippen LogP contribution in [0.25, 0.3) is 11.0 Å². The van der Waals surface area contributed by atoms with Crippen LogP contribution in [0.5, 0.6) is 0 Å². The van der Waals surface area contributed by atoms with E-state index < -0.39 is 0 Å². The van der Waals surface area contributed by atoms with Crippen LogP contribution in [0, 0.1) is 5.92 Å². The highest BCUT2D eigenvalue weighted by Gasteiger charge is 2.26. The molecule has 4 heteroatoms. The second kappa shape index (κ2) is 8.36. The molecule has 0 N–H and O–H groups in total. The van der Waals surface area contributed by atoms with Crippen molar-refractivity contribution in [2.24, 2.45) is 5.92 Å². The van der Waals surface area contributed by atoms with Gasteiger partial charge in [-0.15, -0.1) is 0 Å². The highest BCUT2D eigenvalue weighted by molar-refractivity contribution is 5.72. The Hall–Kier alpha value is -2.98. The molecule has 4 rings (SSSR count). The number of benzene rings is 3. The number of fused-ring (bicyclic) bond motifs is 1. The SMILES string of the molecule is CC(C)C(N(Cc1ccccc1)Cc1ccccc1)n1nc2ccccc2n1. The third kappa shape index (κ3) is 4.12. The van der Waals surface area contributed by atoms with Crippen LogP contribution in [0.2, 0.25) is 0 Å². The lowest BCUT2D eigenvalue weighted by atomic mass is 10.1. The Labute approximate surface area is 166 Å². The fourth-order valence-electron chi connectivity index (χ4n) is 3.71. The predicted molar refractivity (Wildman–Crippen MR) is 114 cm³/mol. The zero-order valence-corrected chi connectivity index (χ0v) is 16.4. The van der Waals surface area contributed by atoms with Gasteiger partial charge in [-0.05, 0) is 29.2 Å². The molecule has 0 saturated heterocycles. The van der Waals surface area contributed by atoms with E-state index in [-0.39, 0.29) is 6.17 Å². The Morgan fingerprint density at radius 3 is 1.54 bits per heavy atom. The molecule has 3 aromatic carbocycles. The average Bonchev–Trinajstić information content (AvgIpc) is 3.12. The standard InChI is InChI=1S/C24H26N4/c1-19(2)24(28-25-22-15-9-10-16-23(22)26-28)27(17-20-11-5-3-6-12-20)18-21-13-7-4-8-14-21/h3-16,19,24H,17-18H2,1-2H3. The van der Waals surface area contributed by atoms with E-state index >= 15 is 0 Å². The van der Waals surface area contributed by atoms with Crippen molar-refractivity contribution in [3.8, 4) is 0 Å². The van der Waals surface area contributed by atoms with E-state index in [0.29, 0.717) is 5.92 Å². The summed E-state index contributed by atoms with van der Waals surface area (Å²) in [6.07, 6.45) is 0.0628. The van der Waals surface area contributed by atoms with Gasteiger partial charge in [0.2, 0.25) is 0 Å². The van der Waals surface area contributed by atoms with Crippen LogP contribution in [0.15, 0.2) is 84.9 Å². The minimum Gasteiger partial charge on any atom is -0.272 e. The minimum atomic E-state index is 0.0628. The largest absolute Gasteiger partial charge is 0.272 e. The summed E-state index contributed by atoms with van der Waals surface area (Å²) in [7, 11) is 0. The van der Waals surface area contributed by atoms with Gasteiger partial charge in [0.25, 0.3) is 0 Å². The molecule has 28 heavy (non-hydrogen) atoms. The second-order valence-corrected chi connectivity index (χ2v) is 7.54. The molecule has 0 spiro atoms. The first-order chi connectivity index (χ1) is 13.7. The van der Waals surface area contributed by atoms with E-state index in [9.17, 15) is 0 Å². The number of hydrogen-bond acceptors (Lipinski definition) is 3. The Morgan fingerprint density at radius 1 is 0.679 bits per heavy atom. The predicted octanol–water partition coefficient (Wildman–Crippen LogP) is 5.29. The van der Waals surface area contributed by atoms with Crippen molar-refractivity contribution in [2.45, 2.75) is 33.1 Å². The van der Waals surface area contributed by atoms with Crippen molar-refractivity contribution in [3.05, 3.63) is 96.1 Å². The van der Waals surface area contributed by atoms with Crippen LogP contribution < -0.4 is 0 Å². The summed E-state index contributed by atoms with van der Waals surface area (Å²) in [5.74, 6) is 0.356. The Kier molecular flexibility index (Phi) is 5.49. The molecule has 0 fully saturated rings. The van der Waals surface area contributed by atoms with Crippen molar-refractivity contribution in [2.75, 3.05) is 0 Å². The van der Waals surface area contributed by atoms with Crippen LogP contribution in [0.3, 0.4) is 0 Å². The molecule has 4 aromatic rings. The maximum Gasteiger partial charge on any atom is 0.127 e. The number of hydrogen-bond donors (Lipinski definition) is 0. The zero-order chi connectivity index (χ0) is 19.3. The third-order valence-electron chi connectivity index (χ3n) is 4.97. The van der Waals surface area contributed by atoms with E-state index in [0.717, 1.165) is 24.1 Å². The quantitative estimate of drug-likeness (QED) is 0.443. The summed E-state index contributed by atoms with van der Waals surface area (Å²) in [5, 5.41) is 9.60. The van der Waals surface area contributed by atoms with Crippen molar-refractivity contribution >= 4 is 11.0 Å². The van der Waals surface area contributed by atoms with Crippen molar-refractivity contribution < 1.29 is 0 Å². The molecule has 1 heterocycles. The molecule has 142 valence electrons. The van der Waals surface area contributed by atoms with Crippen LogP contribution in [-0.4, -0.2) is 19.9 Å². The molecule has 0 aliphatic rings. The lowest BCUT2D eigenvalue weighted by molar-refractivity contribution is 0.0589. The average molecular weight is 371 g/mol. The van der Waals surface area contributed by atoms with Gasteiger partial charge in [-0.3, -0.25) is 4.90 Å². The molecule has 0 saturated carbocycles. The molecular formula is C24H26N4. The van der Waals surface area contributed by atoms with Crippen LogP contribution in [0.1, 0.15) is 31.1 Å². The van der Waals surface area contributed by atoms with E-state index in [1.54, 1.807) is 0 Å². The smallest absolute Gasteiger partial charge is 0.127 e. The highest BCUT2D eigenvalue weighted by Crippen LogP contribution is 2.26. The van der Waals surface area contributed by atoms with Gasteiger partial charge in [0.1, 0.15) is 17.2 Å². The van der Waals surface area contributed by atoms with E-state index in [4.69, 9.17) is 10.2 Å². The summed E-state index contributed by atoms with van der Waals surface area (Å²) < 4.78 is 0. The van der Waals surface area contributed by atoms with Gasteiger partial charge in [-0.25, -0.2) is 0 Å². The maximum absolute atomic E-state index is 4.80. The molecule has 0 aliphatic heterocycles. The van der Waals surface area contributed by atoms with Gasteiger partial charge >= 0.3 is 0 Å². The van der Waals surface area contributed by atoms with E-state index in [2.05, 4.69) is 79.4 Å². The molecule has 0 bridgehead atoms. The number of aromatic nitrogens is 3. The number of nitrogens with zero attached hydrogens (tertiary/aromatic N) is 4. The Morgan fingerprint density at radius 2 is 1.11 bits per heavy atom. The molecule has 0 amide bonds. The highest BCUT2D eigenvalue weighted by atomic mass is 15.5. The van der Waals surface area contributed by atoms with Gasteiger partial charge in [-0.1, -0.05) is 86.6 Å². The third-order valence-corrected chi connectivity index (χ3v) is 4.97. The number of rotatable bonds is 7. The summed E-state index contributed by atoms with van der Waals surface area (Å²) in [4.78, 5) is 4.37. The monoisotopic (exact) mass is 370 g/mol. The summed E-state index contributed by atoms with van der Waals surface area (Å²) in [6.45, 7) is 6.16. The first-order valence-electron chi connectivity index (χ1n) is 9.84. The van der Waals surface area contributed by atoms with Crippen molar-refractivity contribution in [3.63, 3.8) is 0 Å². The molecule has 0 aliphatic carbocycles. The van der Waals surface area contributed by atoms with Crippen LogP contribution in [-0.2, 0) is 13.1 Å². The lowest BCUT2D eigenvalue weighted by Crippen LogP contribution is -2.36. The Balaban J connectivity index is 1.72. The molecule has 1 atom stereocenters.